The molecule has 1 aromatic heterocycles. The fraction of sp³-hybridized carbons (Fsp3) is 0.188. The van der Waals surface area contributed by atoms with Crippen molar-refractivity contribution in [2.75, 3.05) is 13.2 Å². The average Bonchev–Trinajstić information content (AvgIpc) is 2.53. The van der Waals surface area contributed by atoms with E-state index in [1.54, 1.807) is 13.0 Å². The lowest BCUT2D eigenvalue weighted by molar-refractivity contribution is -0.141. The lowest BCUT2D eigenvalue weighted by Crippen LogP contribution is -2.31. The minimum absolute atomic E-state index is 0.209. The van der Waals surface area contributed by atoms with E-state index in [2.05, 4.69) is 15.0 Å². The van der Waals surface area contributed by atoms with Crippen molar-refractivity contribution >= 4 is 11.9 Å². The first-order valence-electron chi connectivity index (χ1n) is 6.90. The van der Waals surface area contributed by atoms with Gasteiger partial charge in [-0.3, -0.25) is 9.59 Å². The molecule has 7 heteroatoms. The number of hydrogen-bond acceptors (Lipinski definition) is 5. The number of rotatable bonds is 5. The second kappa shape index (κ2) is 7.35. The molecule has 0 radical (unpaired) electrons. The van der Waals surface area contributed by atoms with Gasteiger partial charge in [0, 0.05) is 11.8 Å². The fourth-order valence-corrected chi connectivity index (χ4v) is 1.90. The molecule has 0 saturated carbocycles. The quantitative estimate of drug-likeness (QED) is 0.822. The number of carbonyl (C=O) groups excluding carboxylic acids is 2. The van der Waals surface area contributed by atoms with Gasteiger partial charge in [-0.15, -0.1) is 0 Å². The van der Waals surface area contributed by atoms with E-state index in [4.69, 9.17) is 0 Å². The lowest BCUT2D eigenvalue weighted by atomic mass is 10.1. The topological polar surface area (TPSA) is 88.5 Å². The van der Waals surface area contributed by atoms with Crippen LogP contribution < -0.4 is 5.32 Å². The number of halogens is 1. The van der Waals surface area contributed by atoms with Crippen LogP contribution in [0.5, 0.6) is 5.75 Å². The van der Waals surface area contributed by atoms with Crippen LogP contribution in [0.4, 0.5) is 4.39 Å². The molecule has 2 N–H and O–H groups in total. The summed E-state index contributed by atoms with van der Waals surface area (Å²) < 4.78 is 17.9. The van der Waals surface area contributed by atoms with Crippen molar-refractivity contribution in [2.45, 2.75) is 6.92 Å². The highest BCUT2D eigenvalue weighted by atomic mass is 19.1. The van der Waals surface area contributed by atoms with Gasteiger partial charge in [-0.05, 0) is 30.7 Å². The maximum atomic E-state index is 13.2. The van der Waals surface area contributed by atoms with E-state index >= 15 is 0 Å². The number of carbonyl (C=O) groups is 2. The van der Waals surface area contributed by atoms with Gasteiger partial charge in [0.1, 0.15) is 18.1 Å². The summed E-state index contributed by atoms with van der Waals surface area (Å²) in [4.78, 5) is 26.9. The van der Waals surface area contributed by atoms with E-state index in [1.165, 1.54) is 30.5 Å². The van der Waals surface area contributed by atoms with Crippen LogP contribution >= 0.6 is 0 Å². The van der Waals surface area contributed by atoms with Crippen molar-refractivity contribution in [3.8, 4) is 16.9 Å². The number of hydrogen-bond donors (Lipinski definition) is 2. The molecule has 2 aromatic rings. The van der Waals surface area contributed by atoms with Crippen LogP contribution in [0.3, 0.4) is 0 Å². The zero-order valence-electron chi connectivity index (χ0n) is 12.4. The number of benzene rings is 1. The third-order valence-electron chi connectivity index (χ3n) is 2.94. The molecule has 0 aliphatic heterocycles. The number of amides is 1. The molecular weight excluding hydrogens is 303 g/mol. The normalized spacial score (nSPS) is 10.2. The lowest BCUT2D eigenvalue weighted by Gasteiger charge is -2.08. The van der Waals surface area contributed by atoms with Gasteiger partial charge >= 0.3 is 5.97 Å². The van der Waals surface area contributed by atoms with Crippen LogP contribution in [-0.2, 0) is 9.53 Å². The molecule has 0 spiro atoms. The van der Waals surface area contributed by atoms with Crippen molar-refractivity contribution in [2.24, 2.45) is 0 Å². The van der Waals surface area contributed by atoms with Crippen LogP contribution in [0.1, 0.15) is 17.4 Å². The van der Waals surface area contributed by atoms with Gasteiger partial charge < -0.3 is 15.2 Å². The monoisotopic (exact) mass is 318 g/mol. The van der Waals surface area contributed by atoms with E-state index < -0.39 is 17.7 Å². The van der Waals surface area contributed by atoms with Crippen LogP contribution in [0, 0.1) is 5.82 Å². The Labute approximate surface area is 131 Å². The number of esters is 1. The number of nitrogens with one attached hydrogen (secondary N) is 1. The van der Waals surface area contributed by atoms with Crippen LogP contribution in [0.25, 0.3) is 11.1 Å². The Hall–Kier alpha value is -2.96. The maximum absolute atomic E-state index is 13.2. The molecule has 0 atom stereocenters. The van der Waals surface area contributed by atoms with E-state index in [0.717, 1.165) is 0 Å². The zero-order valence-corrected chi connectivity index (χ0v) is 12.4. The molecule has 1 heterocycles. The van der Waals surface area contributed by atoms with Crippen LogP contribution in [0.15, 0.2) is 36.5 Å². The molecule has 6 nitrogen and oxygen atoms in total. The standard InChI is InChI=1S/C16H15FN2O4/c1-2-23-14(21)9-19-16(22)15-13(20)7-11(8-18-15)10-4-3-5-12(17)6-10/h3-8,20H,2,9H2,1H3,(H,19,22). The van der Waals surface area contributed by atoms with Crippen molar-refractivity contribution in [3.63, 3.8) is 0 Å². The zero-order chi connectivity index (χ0) is 16.8. The van der Waals surface area contributed by atoms with E-state index in [9.17, 15) is 19.1 Å². The number of aromatic hydroxyl groups is 1. The molecule has 0 aliphatic carbocycles. The molecule has 1 aromatic carbocycles. The molecule has 0 unspecified atom stereocenters. The summed E-state index contributed by atoms with van der Waals surface area (Å²) in [5, 5.41) is 12.2. The molecule has 0 bridgehead atoms. The molecule has 0 aliphatic rings. The number of nitrogens with zero attached hydrogens (tertiary/aromatic N) is 1. The van der Waals surface area contributed by atoms with Gasteiger partial charge in [-0.1, -0.05) is 12.1 Å². The Morgan fingerprint density at radius 1 is 1.30 bits per heavy atom. The maximum Gasteiger partial charge on any atom is 0.325 e. The van der Waals surface area contributed by atoms with Gasteiger partial charge in [0.2, 0.25) is 0 Å². The Kier molecular flexibility index (Phi) is 5.24. The first-order valence-corrected chi connectivity index (χ1v) is 6.90. The number of aromatic nitrogens is 1. The van der Waals surface area contributed by atoms with Crippen molar-refractivity contribution < 1.29 is 23.8 Å². The third kappa shape index (κ3) is 4.26. The second-order valence-corrected chi connectivity index (χ2v) is 4.59. The Morgan fingerprint density at radius 2 is 2.09 bits per heavy atom. The predicted octanol–water partition coefficient (Wildman–Crippen LogP) is 1.89. The van der Waals surface area contributed by atoms with Crippen LogP contribution in [-0.4, -0.2) is 35.1 Å². The van der Waals surface area contributed by atoms with E-state index in [0.29, 0.717) is 11.1 Å². The Bertz CT molecular complexity index is 734. The predicted molar refractivity (Wildman–Crippen MR) is 80.3 cm³/mol. The minimum Gasteiger partial charge on any atom is -0.505 e. The molecule has 0 fully saturated rings. The Balaban J connectivity index is 2.13. The van der Waals surface area contributed by atoms with Crippen molar-refractivity contribution in [3.05, 3.63) is 48.0 Å². The average molecular weight is 318 g/mol. The van der Waals surface area contributed by atoms with Gasteiger partial charge in [0.05, 0.1) is 6.61 Å². The SMILES string of the molecule is CCOC(=O)CNC(=O)c1ncc(-c2cccc(F)c2)cc1O. The minimum atomic E-state index is -0.707. The summed E-state index contributed by atoms with van der Waals surface area (Å²) in [7, 11) is 0. The first-order chi connectivity index (χ1) is 11.0. The van der Waals surface area contributed by atoms with Crippen LogP contribution in [0.2, 0.25) is 0 Å². The molecule has 23 heavy (non-hydrogen) atoms. The molecule has 120 valence electrons. The molecule has 0 saturated heterocycles. The summed E-state index contributed by atoms with van der Waals surface area (Å²) >= 11 is 0. The summed E-state index contributed by atoms with van der Waals surface area (Å²) in [6.07, 6.45) is 1.34. The number of pyridine rings is 1. The Morgan fingerprint density at radius 3 is 2.74 bits per heavy atom. The second-order valence-electron chi connectivity index (χ2n) is 4.59. The highest BCUT2D eigenvalue weighted by molar-refractivity contribution is 5.96. The molecular formula is C16H15FN2O4. The smallest absolute Gasteiger partial charge is 0.325 e. The van der Waals surface area contributed by atoms with Gasteiger partial charge in [0.25, 0.3) is 5.91 Å². The summed E-state index contributed by atoms with van der Waals surface area (Å²) in [6.45, 7) is 1.54. The fourth-order valence-electron chi connectivity index (χ4n) is 1.90. The summed E-state index contributed by atoms with van der Waals surface area (Å²) in [6, 6.07) is 7.08. The van der Waals surface area contributed by atoms with Gasteiger partial charge in [0.15, 0.2) is 5.69 Å². The molecule has 1 amide bonds. The van der Waals surface area contributed by atoms with Gasteiger partial charge in [-0.2, -0.15) is 0 Å². The molecule has 2 rings (SSSR count). The highest BCUT2D eigenvalue weighted by Gasteiger charge is 2.15. The van der Waals surface area contributed by atoms with Crippen molar-refractivity contribution in [1.29, 1.82) is 0 Å². The van der Waals surface area contributed by atoms with Gasteiger partial charge in [-0.25, -0.2) is 9.37 Å². The van der Waals surface area contributed by atoms with Crippen molar-refractivity contribution in [1.82, 2.24) is 10.3 Å². The number of ether oxygens (including phenoxy) is 1. The largest absolute Gasteiger partial charge is 0.505 e. The first kappa shape index (κ1) is 16.4. The summed E-state index contributed by atoms with van der Waals surface area (Å²) in [5.41, 5.74) is 0.754. The highest BCUT2D eigenvalue weighted by Crippen LogP contribution is 2.25. The van der Waals surface area contributed by atoms with E-state index in [-0.39, 0.29) is 24.6 Å². The van der Waals surface area contributed by atoms with E-state index in [1.807, 2.05) is 0 Å². The third-order valence-corrected chi connectivity index (χ3v) is 2.94. The summed E-state index contributed by atoms with van der Waals surface area (Å²) in [5.74, 6) is -2.08.